The first-order valence-electron chi connectivity index (χ1n) is 5.77. The highest BCUT2D eigenvalue weighted by Crippen LogP contribution is 2.24. The normalized spacial score (nSPS) is 10.6. The fourth-order valence-electron chi connectivity index (χ4n) is 1.57. The molecule has 2 aromatic heterocycles. The summed E-state index contributed by atoms with van der Waals surface area (Å²) in [5, 5.41) is 4.20. The quantitative estimate of drug-likeness (QED) is 0.922. The van der Waals surface area contributed by atoms with E-state index in [2.05, 4.69) is 32.9 Å². The van der Waals surface area contributed by atoms with Gasteiger partial charge in [-0.05, 0) is 28.4 Å². The van der Waals surface area contributed by atoms with Crippen molar-refractivity contribution in [2.75, 3.05) is 0 Å². The smallest absolute Gasteiger partial charge is 0.223 e. The second-order valence-corrected chi connectivity index (χ2v) is 4.78. The first-order valence-corrected chi connectivity index (χ1v) is 6.57. The summed E-state index contributed by atoms with van der Waals surface area (Å²) in [5.74, 6) is 1.20. The lowest BCUT2D eigenvalue weighted by molar-refractivity contribution is 0.454. The fraction of sp³-hybridized carbons (Fsp3) is 0.333. The second-order valence-electron chi connectivity index (χ2n) is 3.86. The zero-order valence-corrected chi connectivity index (χ0v) is 11.7. The van der Waals surface area contributed by atoms with Crippen molar-refractivity contribution in [1.29, 1.82) is 0 Å². The van der Waals surface area contributed by atoms with Gasteiger partial charge in [-0.15, -0.1) is 0 Å². The molecule has 18 heavy (non-hydrogen) atoms. The van der Waals surface area contributed by atoms with Gasteiger partial charge < -0.3 is 10.5 Å². The largest absolute Gasteiger partial charge is 0.435 e. The van der Waals surface area contributed by atoms with Gasteiger partial charge in [0.1, 0.15) is 0 Å². The molecule has 0 atom stereocenters. The van der Waals surface area contributed by atoms with Gasteiger partial charge in [0, 0.05) is 29.3 Å². The van der Waals surface area contributed by atoms with Gasteiger partial charge in [0.25, 0.3) is 0 Å². The summed E-state index contributed by atoms with van der Waals surface area (Å²) in [6, 6.07) is 1.90. The van der Waals surface area contributed by atoms with Crippen molar-refractivity contribution < 1.29 is 4.74 Å². The first-order chi connectivity index (χ1) is 8.72. The number of nitrogens with zero attached hydrogens (tertiary/aromatic N) is 3. The Hall–Kier alpha value is -1.40. The van der Waals surface area contributed by atoms with Crippen molar-refractivity contribution in [2.45, 2.75) is 26.4 Å². The third-order valence-electron chi connectivity index (χ3n) is 2.39. The van der Waals surface area contributed by atoms with Gasteiger partial charge in [-0.3, -0.25) is 4.68 Å². The highest BCUT2D eigenvalue weighted by Gasteiger charge is 2.07. The summed E-state index contributed by atoms with van der Waals surface area (Å²) in [7, 11) is 0. The molecule has 0 aliphatic heterocycles. The Kier molecular flexibility index (Phi) is 4.33. The standard InChI is InChI=1S/C12H15BrN4O/c1-2-3-17-8-11(7-16-17)18-12-9(5-14)4-10(13)6-15-12/h4,6-8H,2-3,5,14H2,1H3. The Bertz CT molecular complexity index is 527. The van der Waals surface area contributed by atoms with Crippen LogP contribution in [0.15, 0.2) is 29.1 Å². The van der Waals surface area contributed by atoms with E-state index in [0.29, 0.717) is 18.2 Å². The van der Waals surface area contributed by atoms with Gasteiger partial charge in [-0.25, -0.2) is 4.98 Å². The number of aryl methyl sites for hydroxylation is 1. The average Bonchev–Trinajstić information content (AvgIpc) is 2.79. The van der Waals surface area contributed by atoms with E-state index < -0.39 is 0 Å². The van der Waals surface area contributed by atoms with Crippen molar-refractivity contribution in [2.24, 2.45) is 5.73 Å². The summed E-state index contributed by atoms with van der Waals surface area (Å²) in [6.07, 6.45) is 6.25. The lowest BCUT2D eigenvalue weighted by Crippen LogP contribution is -2.01. The van der Waals surface area contributed by atoms with Crippen LogP contribution in [0.5, 0.6) is 11.6 Å². The number of hydrogen-bond donors (Lipinski definition) is 1. The number of pyridine rings is 1. The van der Waals surface area contributed by atoms with Crippen LogP contribution in [0.2, 0.25) is 0 Å². The Morgan fingerprint density at radius 2 is 2.28 bits per heavy atom. The van der Waals surface area contributed by atoms with Gasteiger partial charge >= 0.3 is 0 Å². The molecule has 2 heterocycles. The lowest BCUT2D eigenvalue weighted by Gasteiger charge is -2.07. The van der Waals surface area contributed by atoms with Gasteiger partial charge in [0.15, 0.2) is 5.75 Å². The van der Waals surface area contributed by atoms with Gasteiger partial charge in [0.2, 0.25) is 5.88 Å². The first kappa shape index (κ1) is 13.0. The Morgan fingerprint density at radius 1 is 1.44 bits per heavy atom. The van der Waals surface area contributed by atoms with Crippen LogP contribution >= 0.6 is 15.9 Å². The molecule has 0 fully saturated rings. The van der Waals surface area contributed by atoms with E-state index in [9.17, 15) is 0 Å². The summed E-state index contributed by atoms with van der Waals surface area (Å²) in [4.78, 5) is 4.21. The van der Waals surface area contributed by atoms with Crippen LogP contribution in [0.25, 0.3) is 0 Å². The molecule has 0 saturated carbocycles. The molecular weight excluding hydrogens is 296 g/mol. The molecule has 2 aromatic rings. The number of rotatable bonds is 5. The molecule has 5 nitrogen and oxygen atoms in total. The second kappa shape index (κ2) is 5.97. The van der Waals surface area contributed by atoms with E-state index in [1.807, 2.05) is 16.9 Å². The zero-order chi connectivity index (χ0) is 13.0. The maximum absolute atomic E-state index is 5.69. The molecule has 0 unspecified atom stereocenters. The molecule has 6 heteroatoms. The molecule has 0 aliphatic rings. The molecule has 0 saturated heterocycles. The average molecular weight is 311 g/mol. The molecule has 96 valence electrons. The minimum Gasteiger partial charge on any atom is -0.435 e. The Morgan fingerprint density at radius 3 is 3.00 bits per heavy atom. The van der Waals surface area contributed by atoms with Crippen LogP contribution < -0.4 is 10.5 Å². The van der Waals surface area contributed by atoms with E-state index in [1.165, 1.54) is 0 Å². The number of hydrogen-bond acceptors (Lipinski definition) is 4. The maximum atomic E-state index is 5.69. The third-order valence-corrected chi connectivity index (χ3v) is 2.82. The Labute approximate surface area is 114 Å². The number of nitrogens with two attached hydrogens (primary N) is 1. The topological polar surface area (TPSA) is 66.0 Å². The Balaban J connectivity index is 2.17. The zero-order valence-electron chi connectivity index (χ0n) is 10.1. The van der Waals surface area contributed by atoms with E-state index in [1.54, 1.807) is 12.4 Å². The van der Waals surface area contributed by atoms with E-state index in [-0.39, 0.29) is 0 Å². The molecule has 2 rings (SSSR count). The lowest BCUT2D eigenvalue weighted by atomic mass is 10.3. The molecule has 0 radical (unpaired) electrons. The SMILES string of the molecule is CCCn1cc(Oc2ncc(Br)cc2CN)cn1. The predicted molar refractivity (Wildman–Crippen MR) is 72.4 cm³/mol. The van der Waals surface area contributed by atoms with Crippen molar-refractivity contribution in [3.05, 3.63) is 34.7 Å². The van der Waals surface area contributed by atoms with Crippen LogP contribution in [0.4, 0.5) is 0 Å². The fourth-order valence-corrected chi connectivity index (χ4v) is 1.95. The molecular formula is C12H15BrN4O. The summed E-state index contributed by atoms with van der Waals surface area (Å²) in [6.45, 7) is 3.36. The molecule has 0 amide bonds. The highest BCUT2D eigenvalue weighted by molar-refractivity contribution is 9.10. The molecule has 0 aromatic carbocycles. The predicted octanol–water partition coefficient (Wildman–Crippen LogP) is 2.70. The summed E-state index contributed by atoms with van der Waals surface area (Å²) >= 11 is 3.36. The summed E-state index contributed by atoms with van der Waals surface area (Å²) in [5.41, 5.74) is 6.52. The summed E-state index contributed by atoms with van der Waals surface area (Å²) < 4.78 is 8.42. The minimum atomic E-state index is 0.380. The third kappa shape index (κ3) is 3.08. The van der Waals surface area contributed by atoms with Crippen molar-refractivity contribution in [3.8, 4) is 11.6 Å². The molecule has 0 bridgehead atoms. The van der Waals surface area contributed by atoms with Crippen LogP contribution in [-0.2, 0) is 13.1 Å². The number of halogens is 1. The van der Waals surface area contributed by atoms with E-state index in [4.69, 9.17) is 10.5 Å². The van der Waals surface area contributed by atoms with Crippen LogP contribution in [0, 0.1) is 0 Å². The molecule has 2 N–H and O–H groups in total. The number of ether oxygens (including phenoxy) is 1. The maximum Gasteiger partial charge on any atom is 0.223 e. The minimum absolute atomic E-state index is 0.380. The van der Waals surface area contributed by atoms with Crippen LogP contribution in [-0.4, -0.2) is 14.8 Å². The monoisotopic (exact) mass is 310 g/mol. The molecule has 0 spiro atoms. The van der Waals surface area contributed by atoms with Crippen LogP contribution in [0.1, 0.15) is 18.9 Å². The van der Waals surface area contributed by atoms with Gasteiger partial charge in [-0.2, -0.15) is 5.10 Å². The van der Waals surface area contributed by atoms with Gasteiger partial charge in [0.05, 0.1) is 12.4 Å². The van der Waals surface area contributed by atoms with Gasteiger partial charge in [-0.1, -0.05) is 6.92 Å². The van der Waals surface area contributed by atoms with Crippen molar-refractivity contribution >= 4 is 15.9 Å². The van der Waals surface area contributed by atoms with Crippen LogP contribution in [0.3, 0.4) is 0 Å². The highest BCUT2D eigenvalue weighted by atomic mass is 79.9. The van der Waals surface area contributed by atoms with E-state index in [0.717, 1.165) is 23.0 Å². The van der Waals surface area contributed by atoms with Crippen molar-refractivity contribution in [3.63, 3.8) is 0 Å². The molecule has 0 aliphatic carbocycles. The van der Waals surface area contributed by atoms with E-state index >= 15 is 0 Å². The number of aromatic nitrogens is 3. The van der Waals surface area contributed by atoms with Crippen molar-refractivity contribution in [1.82, 2.24) is 14.8 Å².